The van der Waals surface area contributed by atoms with Crippen LogP contribution in [0.3, 0.4) is 0 Å². The lowest BCUT2D eigenvalue weighted by Gasteiger charge is -2.34. The topological polar surface area (TPSA) is 49.7 Å². The van der Waals surface area contributed by atoms with Crippen molar-refractivity contribution in [2.24, 2.45) is 5.29 Å². The highest BCUT2D eigenvalue weighted by Gasteiger charge is 2.31. The number of carbonyl (C=O) groups is 1. The van der Waals surface area contributed by atoms with Crippen LogP contribution in [-0.4, -0.2) is 22.4 Å². The highest BCUT2D eigenvalue weighted by molar-refractivity contribution is 6.42. The van der Waals surface area contributed by atoms with Crippen LogP contribution in [-0.2, 0) is 0 Å². The smallest absolute Gasteiger partial charge is 0.186 e. The Bertz CT molecular complexity index is 498. The number of hydrogen-bond acceptors (Lipinski definition) is 3. The monoisotopic (exact) mass is 302 g/mol. The number of benzene rings is 1. The fraction of sp³-hybridized carbons (Fsp3) is 0.462. The lowest BCUT2D eigenvalue weighted by molar-refractivity contribution is 0.0623. The number of nitroso groups, excluding NO2 is 1. The van der Waals surface area contributed by atoms with E-state index in [1.54, 1.807) is 19.1 Å². The molecule has 1 rings (SSSR count). The van der Waals surface area contributed by atoms with Crippen molar-refractivity contribution in [1.29, 1.82) is 0 Å². The predicted molar refractivity (Wildman–Crippen MR) is 77.6 cm³/mol. The third-order valence-electron chi connectivity index (χ3n) is 2.73. The predicted octanol–water partition coefficient (Wildman–Crippen LogP) is 4.35. The Hall–Kier alpha value is -1.13. The fourth-order valence-corrected chi connectivity index (χ4v) is 2.07. The van der Waals surface area contributed by atoms with Crippen LogP contribution in [0.15, 0.2) is 23.5 Å². The molecule has 0 saturated heterocycles. The van der Waals surface area contributed by atoms with Crippen molar-refractivity contribution in [1.82, 2.24) is 5.01 Å². The summed E-state index contributed by atoms with van der Waals surface area (Å²) in [4.78, 5) is 23.2. The number of nitrogens with zero attached hydrogens (tertiary/aromatic N) is 2. The first kappa shape index (κ1) is 15.9. The number of Topliss-reactive ketones (excluding diaryl/α,β-unsaturated/α-hetero) is 1. The molecule has 1 aromatic carbocycles. The Labute approximate surface area is 122 Å². The molecule has 0 aliphatic carbocycles. The van der Waals surface area contributed by atoms with Crippen LogP contribution in [0.25, 0.3) is 0 Å². The minimum atomic E-state index is -0.672. The second kappa shape index (κ2) is 5.88. The van der Waals surface area contributed by atoms with Gasteiger partial charge in [0.05, 0.1) is 20.9 Å². The number of ketones is 1. The molecule has 1 aromatic rings. The molecule has 0 amide bonds. The standard InChI is InChI=1S/C13H16Cl2N2O2/c1-8(17(16-19)13(2,3)4)12(18)9-5-6-10(14)11(15)7-9/h5-8H,1-4H3. The van der Waals surface area contributed by atoms with Crippen LogP contribution in [0.2, 0.25) is 10.0 Å². The Morgan fingerprint density at radius 3 is 2.26 bits per heavy atom. The molecular weight excluding hydrogens is 287 g/mol. The van der Waals surface area contributed by atoms with E-state index in [1.807, 2.05) is 20.8 Å². The van der Waals surface area contributed by atoms with E-state index in [1.165, 1.54) is 11.1 Å². The Morgan fingerprint density at radius 2 is 1.84 bits per heavy atom. The molecule has 0 radical (unpaired) electrons. The SMILES string of the molecule is CC(C(=O)c1ccc(Cl)c(Cl)c1)N(N=O)C(C)(C)C. The molecule has 0 N–H and O–H groups in total. The van der Waals surface area contributed by atoms with Gasteiger partial charge in [-0.1, -0.05) is 23.2 Å². The van der Waals surface area contributed by atoms with Crippen LogP contribution in [0.4, 0.5) is 0 Å². The van der Waals surface area contributed by atoms with Crippen molar-refractivity contribution in [3.05, 3.63) is 38.7 Å². The first-order valence-electron chi connectivity index (χ1n) is 5.80. The first-order valence-corrected chi connectivity index (χ1v) is 6.56. The van der Waals surface area contributed by atoms with E-state index in [2.05, 4.69) is 5.29 Å². The summed E-state index contributed by atoms with van der Waals surface area (Å²) < 4.78 is 0. The van der Waals surface area contributed by atoms with Gasteiger partial charge >= 0.3 is 0 Å². The Morgan fingerprint density at radius 1 is 1.26 bits per heavy atom. The van der Waals surface area contributed by atoms with Gasteiger partial charge in [0.15, 0.2) is 5.78 Å². The average molecular weight is 303 g/mol. The molecule has 4 nitrogen and oxygen atoms in total. The average Bonchev–Trinajstić information content (AvgIpc) is 2.30. The molecule has 0 spiro atoms. The molecule has 0 bridgehead atoms. The summed E-state index contributed by atoms with van der Waals surface area (Å²) in [6.45, 7) is 7.07. The summed E-state index contributed by atoms with van der Waals surface area (Å²) in [6, 6.07) is 3.96. The fourth-order valence-electron chi connectivity index (χ4n) is 1.78. The molecule has 19 heavy (non-hydrogen) atoms. The van der Waals surface area contributed by atoms with E-state index in [0.717, 1.165) is 0 Å². The maximum atomic E-state index is 12.3. The zero-order chi connectivity index (χ0) is 14.8. The van der Waals surface area contributed by atoms with Crippen LogP contribution in [0.5, 0.6) is 0 Å². The third-order valence-corrected chi connectivity index (χ3v) is 3.46. The number of rotatable bonds is 4. The Balaban J connectivity index is 3.05. The van der Waals surface area contributed by atoms with Crippen LogP contribution < -0.4 is 0 Å². The lowest BCUT2D eigenvalue weighted by atomic mass is 10.0. The number of hydrogen-bond donors (Lipinski definition) is 0. The molecule has 0 saturated carbocycles. The van der Waals surface area contributed by atoms with Crippen molar-refractivity contribution in [3.63, 3.8) is 0 Å². The molecule has 0 aliphatic heterocycles. The van der Waals surface area contributed by atoms with Gasteiger partial charge in [-0.25, -0.2) is 5.01 Å². The summed E-state index contributed by atoms with van der Waals surface area (Å²) in [7, 11) is 0. The quantitative estimate of drug-likeness (QED) is 0.472. The molecule has 0 aliphatic rings. The van der Waals surface area contributed by atoms with Gasteiger partial charge in [0, 0.05) is 5.56 Å². The number of halogens is 2. The van der Waals surface area contributed by atoms with Gasteiger partial charge in [0.25, 0.3) is 0 Å². The molecule has 0 aromatic heterocycles. The van der Waals surface area contributed by atoms with Crippen molar-refractivity contribution in [2.45, 2.75) is 39.3 Å². The van der Waals surface area contributed by atoms with E-state index in [0.29, 0.717) is 15.6 Å². The van der Waals surface area contributed by atoms with Crippen LogP contribution >= 0.6 is 23.2 Å². The maximum Gasteiger partial charge on any atom is 0.186 e. The Kier molecular flexibility index (Phi) is 4.93. The second-order valence-electron chi connectivity index (χ2n) is 5.27. The van der Waals surface area contributed by atoms with E-state index >= 15 is 0 Å². The van der Waals surface area contributed by atoms with Gasteiger partial charge < -0.3 is 0 Å². The molecular formula is C13H16Cl2N2O2. The van der Waals surface area contributed by atoms with Crippen molar-refractivity contribution in [2.75, 3.05) is 0 Å². The maximum absolute atomic E-state index is 12.3. The summed E-state index contributed by atoms with van der Waals surface area (Å²) in [6.07, 6.45) is 0. The van der Waals surface area contributed by atoms with Gasteiger partial charge in [-0.3, -0.25) is 4.79 Å². The first-order chi connectivity index (χ1) is 8.68. The van der Waals surface area contributed by atoms with Gasteiger partial charge in [0.1, 0.15) is 6.04 Å². The highest BCUT2D eigenvalue weighted by atomic mass is 35.5. The normalized spacial score (nSPS) is 12.9. The largest absolute Gasteiger partial charge is 0.292 e. The molecule has 0 fully saturated rings. The van der Waals surface area contributed by atoms with Gasteiger partial charge in [-0.15, -0.1) is 4.91 Å². The third kappa shape index (κ3) is 3.67. The van der Waals surface area contributed by atoms with E-state index in [9.17, 15) is 9.70 Å². The second-order valence-corrected chi connectivity index (χ2v) is 6.08. The molecule has 1 unspecified atom stereocenters. The highest BCUT2D eigenvalue weighted by Crippen LogP contribution is 2.25. The summed E-state index contributed by atoms with van der Waals surface area (Å²) >= 11 is 11.7. The van der Waals surface area contributed by atoms with Crippen molar-refractivity contribution >= 4 is 29.0 Å². The van der Waals surface area contributed by atoms with Crippen molar-refractivity contribution in [3.8, 4) is 0 Å². The number of carbonyl (C=O) groups excluding carboxylic acids is 1. The zero-order valence-electron chi connectivity index (χ0n) is 11.3. The molecule has 1 atom stereocenters. The van der Waals surface area contributed by atoms with Gasteiger partial charge in [-0.05, 0) is 45.9 Å². The van der Waals surface area contributed by atoms with E-state index in [4.69, 9.17) is 23.2 Å². The summed E-state index contributed by atoms with van der Waals surface area (Å²) in [5.74, 6) is -0.229. The van der Waals surface area contributed by atoms with Crippen LogP contribution in [0.1, 0.15) is 38.1 Å². The minimum absolute atomic E-state index is 0.229. The zero-order valence-corrected chi connectivity index (χ0v) is 12.8. The van der Waals surface area contributed by atoms with Crippen LogP contribution in [0, 0.1) is 4.91 Å². The van der Waals surface area contributed by atoms with Gasteiger partial charge in [0.2, 0.25) is 0 Å². The molecule has 104 valence electrons. The molecule has 0 heterocycles. The van der Waals surface area contributed by atoms with Crippen molar-refractivity contribution < 1.29 is 4.79 Å². The minimum Gasteiger partial charge on any atom is -0.292 e. The van der Waals surface area contributed by atoms with Gasteiger partial charge in [-0.2, -0.15) is 0 Å². The summed E-state index contributed by atoms with van der Waals surface area (Å²) in [5.41, 5.74) is -0.132. The lowest BCUT2D eigenvalue weighted by Crippen LogP contribution is -2.46. The van der Waals surface area contributed by atoms with E-state index < -0.39 is 11.6 Å². The molecule has 6 heteroatoms. The summed E-state index contributed by atoms with van der Waals surface area (Å²) in [5, 5.41) is 4.87. The van der Waals surface area contributed by atoms with E-state index in [-0.39, 0.29) is 5.78 Å².